The Hall–Kier alpha value is -1.56. The molecule has 1 aliphatic rings. The molecule has 26 heavy (non-hydrogen) atoms. The number of halogens is 3. The zero-order chi connectivity index (χ0) is 19.5. The number of carbonyl (C=O) groups is 1. The van der Waals surface area contributed by atoms with Crippen LogP contribution < -0.4 is 0 Å². The van der Waals surface area contributed by atoms with Crippen LogP contribution >= 0.6 is 0 Å². The average molecular weight is 370 g/mol. The Morgan fingerprint density at radius 3 is 2.38 bits per heavy atom. The Morgan fingerprint density at radius 1 is 1.23 bits per heavy atom. The van der Waals surface area contributed by atoms with Gasteiger partial charge in [0.15, 0.2) is 0 Å². The van der Waals surface area contributed by atoms with E-state index in [1.165, 1.54) is 12.1 Å². The average Bonchev–Trinajstić information content (AvgIpc) is 2.60. The minimum atomic E-state index is -4.31. The highest BCUT2D eigenvalue weighted by molar-refractivity contribution is 5.82. The Kier molecular flexibility index (Phi) is 6.37. The SMILES string of the molecule is CCC(C)(C)C(=O)N1CCC(N(C)Cc2cccc(C(F)(F)F)c2)CC1. The molecule has 1 amide bonds. The van der Waals surface area contributed by atoms with Crippen LogP contribution in [0, 0.1) is 5.41 Å². The summed E-state index contributed by atoms with van der Waals surface area (Å²) in [7, 11) is 1.94. The molecule has 1 fully saturated rings. The highest BCUT2D eigenvalue weighted by atomic mass is 19.4. The number of piperidine rings is 1. The second-order valence-electron chi connectivity index (χ2n) is 7.87. The zero-order valence-electron chi connectivity index (χ0n) is 16.1. The number of rotatable bonds is 5. The molecular formula is C20H29F3N2O. The first-order valence-corrected chi connectivity index (χ1v) is 9.20. The maximum Gasteiger partial charge on any atom is 0.416 e. The Labute approximate surface area is 154 Å². The molecule has 0 spiro atoms. The molecule has 146 valence electrons. The topological polar surface area (TPSA) is 23.6 Å². The van der Waals surface area contributed by atoms with Crippen molar-refractivity contribution in [2.45, 2.75) is 58.8 Å². The maximum atomic E-state index is 12.9. The van der Waals surface area contributed by atoms with E-state index < -0.39 is 11.7 Å². The molecule has 0 unspecified atom stereocenters. The van der Waals surface area contributed by atoms with Gasteiger partial charge in [0.2, 0.25) is 5.91 Å². The molecule has 0 saturated carbocycles. The van der Waals surface area contributed by atoms with Crippen molar-refractivity contribution in [2.75, 3.05) is 20.1 Å². The summed E-state index contributed by atoms with van der Waals surface area (Å²) in [5.41, 5.74) is -0.282. The van der Waals surface area contributed by atoms with Gasteiger partial charge in [0.25, 0.3) is 0 Å². The summed E-state index contributed by atoms with van der Waals surface area (Å²) in [4.78, 5) is 16.6. The molecule has 0 bridgehead atoms. The van der Waals surface area contributed by atoms with Gasteiger partial charge in [-0.05, 0) is 37.9 Å². The fourth-order valence-electron chi connectivity index (χ4n) is 3.35. The quantitative estimate of drug-likeness (QED) is 0.758. The van der Waals surface area contributed by atoms with E-state index in [-0.39, 0.29) is 17.4 Å². The molecule has 0 N–H and O–H groups in total. The number of likely N-dealkylation sites (tertiary alicyclic amines) is 1. The van der Waals surface area contributed by atoms with Crippen LogP contribution in [0.4, 0.5) is 13.2 Å². The number of benzene rings is 1. The third-order valence-corrected chi connectivity index (χ3v) is 5.52. The van der Waals surface area contributed by atoms with Crippen LogP contribution in [0.1, 0.15) is 51.2 Å². The van der Waals surface area contributed by atoms with Gasteiger partial charge < -0.3 is 4.90 Å². The molecule has 1 saturated heterocycles. The van der Waals surface area contributed by atoms with Crippen LogP contribution in [0.25, 0.3) is 0 Å². The first-order chi connectivity index (χ1) is 12.0. The number of alkyl halides is 3. The van der Waals surface area contributed by atoms with Crippen molar-refractivity contribution in [1.82, 2.24) is 9.80 Å². The second kappa shape index (κ2) is 7.99. The predicted molar refractivity (Wildman–Crippen MR) is 96.6 cm³/mol. The van der Waals surface area contributed by atoms with Crippen molar-refractivity contribution < 1.29 is 18.0 Å². The summed E-state index contributed by atoms with van der Waals surface area (Å²) >= 11 is 0. The minimum Gasteiger partial charge on any atom is -0.342 e. The molecule has 0 radical (unpaired) electrons. The van der Waals surface area contributed by atoms with E-state index in [0.29, 0.717) is 25.2 Å². The Balaban J connectivity index is 1.93. The molecular weight excluding hydrogens is 341 g/mol. The number of amides is 1. The van der Waals surface area contributed by atoms with Gasteiger partial charge in [0.1, 0.15) is 0 Å². The van der Waals surface area contributed by atoms with Crippen LogP contribution in [0.15, 0.2) is 24.3 Å². The van der Waals surface area contributed by atoms with Crippen LogP contribution in [-0.2, 0) is 17.5 Å². The summed E-state index contributed by atoms with van der Waals surface area (Å²) in [6.07, 6.45) is -1.81. The normalized spacial score (nSPS) is 17.0. The highest BCUT2D eigenvalue weighted by Crippen LogP contribution is 2.30. The van der Waals surface area contributed by atoms with Gasteiger partial charge in [-0.25, -0.2) is 0 Å². The highest BCUT2D eigenvalue weighted by Gasteiger charge is 2.33. The Bertz CT molecular complexity index is 620. The van der Waals surface area contributed by atoms with Crippen LogP contribution in [0.2, 0.25) is 0 Å². The smallest absolute Gasteiger partial charge is 0.342 e. The van der Waals surface area contributed by atoms with Gasteiger partial charge in [0.05, 0.1) is 5.56 Å². The lowest BCUT2D eigenvalue weighted by molar-refractivity contribution is -0.142. The number of carbonyl (C=O) groups excluding carboxylic acids is 1. The lowest BCUT2D eigenvalue weighted by Gasteiger charge is -2.39. The molecule has 2 rings (SSSR count). The maximum absolute atomic E-state index is 12.9. The van der Waals surface area contributed by atoms with E-state index in [1.807, 2.05) is 32.7 Å². The van der Waals surface area contributed by atoms with E-state index in [1.54, 1.807) is 6.07 Å². The van der Waals surface area contributed by atoms with Gasteiger partial charge in [0, 0.05) is 31.1 Å². The third-order valence-electron chi connectivity index (χ3n) is 5.52. The fourth-order valence-corrected chi connectivity index (χ4v) is 3.35. The lowest BCUT2D eigenvalue weighted by atomic mass is 9.87. The van der Waals surface area contributed by atoms with Gasteiger partial charge in [-0.2, -0.15) is 13.2 Å². The van der Waals surface area contributed by atoms with E-state index in [2.05, 4.69) is 4.90 Å². The van der Waals surface area contributed by atoms with Crippen molar-refractivity contribution >= 4 is 5.91 Å². The zero-order valence-corrected chi connectivity index (χ0v) is 16.1. The van der Waals surface area contributed by atoms with Crippen molar-refractivity contribution in [1.29, 1.82) is 0 Å². The number of hydrogen-bond donors (Lipinski definition) is 0. The summed E-state index contributed by atoms with van der Waals surface area (Å²) in [6.45, 7) is 7.86. The summed E-state index contributed by atoms with van der Waals surface area (Å²) in [5, 5.41) is 0. The van der Waals surface area contributed by atoms with Crippen molar-refractivity contribution in [3.8, 4) is 0 Å². The molecule has 1 heterocycles. The predicted octanol–water partition coefficient (Wildman–Crippen LogP) is 4.56. The molecule has 6 heteroatoms. The minimum absolute atomic E-state index is 0.194. The van der Waals surface area contributed by atoms with Crippen LogP contribution in [0.5, 0.6) is 0 Å². The van der Waals surface area contributed by atoms with E-state index in [4.69, 9.17) is 0 Å². The summed E-state index contributed by atoms with van der Waals surface area (Å²) < 4.78 is 38.6. The standard InChI is InChI=1S/C20H29F3N2O/c1-5-19(2,3)18(26)25-11-9-17(10-12-25)24(4)14-15-7-6-8-16(13-15)20(21,22)23/h6-8,13,17H,5,9-12,14H2,1-4H3. The lowest BCUT2D eigenvalue weighted by Crippen LogP contribution is -2.48. The number of hydrogen-bond acceptors (Lipinski definition) is 2. The van der Waals surface area contributed by atoms with Crippen LogP contribution in [0.3, 0.4) is 0 Å². The summed E-state index contributed by atoms with van der Waals surface area (Å²) in [6, 6.07) is 5.79. The molecule has 0 atom stereocenters. The second-order valence-corrected chi connectivity index (χ2v) is 7.87. The van der Waals surface area contributed by atoms with Gasteiger partial charge in [-0.1, -0.05) is 39.0 Å². The van der Waals surface area contributed by atoms with Crippen molar-refractivity contribution in [3.05, 3.63) is 35.4 Å². The first kappa shape index (κ1) is 20.7. The van der Waals surface area contributed by atoms with Crippen molar-refractivity contribution in [3.63, 3.8) is 0 Å². The molecule has 1 aromatic carbocycles. The van der Waals surface area contributed by atoms with Gasteiger partial charge >= 0.3 is 6.18 Å². The van der Waals surface area contributed by atoms with E-state index >= 15 is 0 Å². The van der Waals surface area contributed by atoms with E-state index in [0.717, 1.165) is 25.3 Å². The molecule has 1 aliphatic heterocycles. The molecule has 0 aliphatic carbocycles. The monoisotopic (exact) mass is 370 g/mol. The molecule has 3 nitrogen and oxygen atoms in total. The molecule has 0 aromatic heterocycles. The van der Waals surface area contributed by atoms with Gasteiger partial charge in [-0.15, -0.1) is 0 Å². The van der Waals surface area contributed by atoms with Crippen molar-refractivity contribution in [2.24, 2.45) is 5.41 Å². The first-order valence-electron chi connectivity index (χ1n) is 9.20. The van der Waals surface area contributed by atoms with Crippen LogP contribution in [-0.4, -0.2) is 41.9 Å². The van der Waals surface area contributed by atoms with E-state index in [9.17, 15) is 18.0 Å². The summed E-state index contributed by atoms with van der Waals surface area (Å²) in [5.74, 6) is 0.194. The largest absolute Gasteiger partial charge is 0.416 e. The third kappa shape index (κ3) is 5.00. The molecule has 1 aromatic rings. The Morgan fingerprint density at radius 2 is 1.85 bits per heavy atom. The van der Waals surface area contributed by atoms with Gasteiger partial charge in [-0.3, -0.25) is 9.69 Å². The number of nitrogens with zero attached hydrogens (tertiary/aromatic N) is 2. The fraction of sp³-hybridized carbons (Fsp3) is 0.650.